The van der Waals surface area contributed by atoms with Gasteiger partial charge < -0.3 is 10.6 Å². The van der Waals surface area contributed by atoms with E-state index in [1.54, 1.807) is 7.05 Å². The van der Waals surface area contributed by atoms with Crippen LogP contribution in [0.1, 0.15) is 12.8 Å². The van der Waals surface area contributed by atoms with Gasteiger partial charge >= 0.3 is 0 Å². The summed E-state index contributed by atoms with van der Waals surface area (Å²) >= 11 is 0. The number of nitrogens with zero attached hydrogens (tertiary/aromatic N) is 1. The minimum Gasteiger partial charge on any atom is -0.398 e. The monoisotopic (exact) mass is 286 g/mol. The molecule has 0 radical (unpaired) electrons. The van der Waals surface area contributed by atoms with Crippen LogP contribution >= 0.6 is 0 Å². The number of halogens is 1. The third-order valence-corrected chi connectivity index (χ3v) is 4.78. The standard InChI is InChI=1S/C12H15FN2O3S/c1-15(9-3-4-9)12(16)7-19(17,18)11-5-2-8(13)6-10(11)14/h2,5-6,9H,3-4,7,14H2,1H3. The largest absolute Gasteiger partial charge is 0.398 e. The Kier molecular flexibility index (Phi) is 3.49. The second-order valence-corrected chi connectivity index (χ2v) is 6.64. The molecule has 0 aromatic heterocycles. The fraction of sp³-hybridized carbons (Fsp3) is 0.417. The average Bonchev–Trinajstić information content (AvgIpc) is 3.10. The molecule has 5 nitrogen and oxygen atoms in total. The van der Waals surface area contributed by atoms with Gasteiger partial charge in [-0.1, -0.05) is 0 Å². The van der Waals surface area contributed by atoms with Crippen LogP contribution in [-0.4, -0.2) is 38.1 Å². The second kappa shape index (κ2) is 4.80. The molecule has 2 N–H and O–H groups in total. The Morgan fingerprint density at radius 1 is 1.47 bits per heavy atom. The number of nitrogens with two attached hydrogens (primary N) is 1. The van der Waals surface area contributed by atoms with Crippen LogP contribution < -0.4 is 5.73 Å². The number of carbonyl (C=O) groups excluding carboxylic acids is 1. The van der Waals surface area contributed by atoms with Gasteiger partial charge in [-0.05, 0) is 31.0 Å². The van der Waals surface area contributed by atoms with Crippen molar-refractivity contribution in [1.82, 2.24) is 4.90 Å². The molecule has 0 bridgehead atoms. The Labute approximate surface area is 111 Å². The molecular formula is C12H15FN2O3S. The highest BCUT2D eigenvalue weighted by Crippen LogP contribution is 2.26. The summed E-state index contributed by atoms with van der Waals surface area (Å²) in [5, 5.41) is 0. The minimum atomic E-state index is -3.84. The van der Waals surface area contributed by atoms with E-state index in [4.69, 9.17) is 5.73 Å². The number of sulfone groups is 1. The van der Waals surface area contributed by atoms with Crippen LogP contribution in [0.5, 0.6) is 0 Å². The lowest BCUT2D eigenvalue weighted by molar-refractivity contribution is -0.127. The number of hydrogen-bond donors (Lipinski definition) is 1. The van der Waals surface area contributed by atoms with Crippen molar-refractivity contribution in [2.45, 2.75) is 23.8 Å². The first-order valence-electron chi connectivity index (χ1n) is 5.85. The smallest absolute Gasteiger partial charge is 0.238 e. The molecule has 1 aliphatic rings. The van der Waals surface area contributed by atoms with E-state index < -0.39 is 27.3 Å². The summed E-state index contributed by atoms with van der Waals surface area (Å²) in [5.41, 5.74) is 5.31. The molecule has 7 heteroatoms. The molecule has 0 aliphatic heterocycles. The van der Waals surface area contributed by atoms with Gasteiger partial charge in [-0.2, -0.15) is 0 Å². The van der Waals surface area contributed by atoms with Crippen molar-refractivity contribution in [3.63, 3.8) is 0 Å². The van der Waals surface area contributed by atoms with Gasteiger partial charge in [0.05, 0.1) is 10.6 Å². The van der Waals surface area contributed by atoms with Crippen molar-refractivity contribution >= 4 is 21.4 Å². The van der Waals surface area contributed by atoms with Crippen molar-refractivity contribution in [3.05, 3.63) is 24.0 Å². The van der Waals surface area contributed by atoms with Gasteiger partial charge in [0.1, 0.15) is 11.6 Å². The van der Waals surface area contributed by atoms with Gasteiger partial charge in [0.2, 0.25) is 5.91 Å². The zero-order chi connectivity index (χ0) is 14.2. The zero-order valence-electron chi connectivity index (χ0n) is 10.5. The Hall–Kier alpha value is -1.63. The Morgan fingerprint density at radius 3 is 2.63 bits per heavy atom. The average molecular weight is 286 g/mol. The number of benzene rings is 1. The lowest BCUT2D eigenvalue weighted by Crippen LogP contribution is -2.34. The topological polar surface area (TPSA) is 80.5 Å². The zero-order valence-corrected chi connectivity index (χ0v) is 11.3. The first kappa shape index (κ1) is 13.8. The van der Waals surface area contributed by atoms with Crippen molar-refractivity contribution < 1.29 is 17.6 Å². The van der Waals surface area contributed by atoms with E-state index in [9.17, 15) is 17.6 Å². The predicted octanol–water partition coefficient (Wildman–Crippen LogP) is 0.802. The summed E-state index contributed by atoms with van der Waals surface area (Å²) in [6.07, 6.45) is 1.81. The Balaban J connectivity index is 2.20. The van der Waals surface area contributed by atoms with Gasteiger partial charge in [-0.15, -0.1) is 0 Å². The molecule has 0 saturated heterocycles. The molecule has 0 atom stereocenters. The fourth-order valence-corrected chi connectivity index (χ4v) is 3.19. The van der Waals surface area contributed by atoms with E-state index in [-0.39, 0.29) is 16.6 Å². The molecule has 104 valence electrons. The van der Waals surface area contributed by atoms with Crippen LogP contribution in [-0.2, 0) is 14.6 Å². The first-order valence-corrected chi connectivity index (χ1v) is 7.50. The summed E-state index contributed by atoms with van der Waals surface area (Å²) in [7, 11) is -2.25. The van der Waals surface area contributed by atoms with Gasteiger partial charge in [0.25, 0.3) is 0 Å². The molecule has 1 aliphatic carbocycles. The van der Waals surface area contributed by atoms with E-state index >= 15 is 0 Å². The molecule has 0 heterocycles. The van der Waals surface area contributed by atoms with Crippen molar-refractivity contribution in [2.24, 2.45) is 0 Å². The number of anilines is 1. The van der Waals surface area contributed by atoms with Gasteiger partial charge in [0.15, 0.2) is 9.84 Å². The lowest BCUT2D eigenvalue weighted by Gasteiger charge is -2.16. The molecule has 19 heavy (non-hydrogen) atoms. The van der Waals surface area contributed by atoms with E-state index in [2.05, 4.69) is 0 Å². The summed E-state index contributed by atoms with van der Waals surface area (Å²) in [4.78, 5) is 13.1. The Bertz CT molecular complexity index is 611. The van der Waals surface area contributed by atoms with Crippen LogP contribution in [0.15, 0.2) is 23.1 Å². The van der Waals surface area contributed by atoms with Crippen LogP contribution in [0, 0.1) is 5.82 Å². The van der Waals surface area contributed by atoms with Crippen molar-refractivity contribution in [1.29, 1.82) is 0 Å². The van der Waals surface area contributed by atoms with Crippen molar-refractivity contribution in [2.75, 3.05) is 18.5 Å². The van der Waals surface area contributed by atoms with E-state index in [1.165, 1.54) is 4.90 Å². The third kappa shape index (κ3) is 3.04. The molecule has 1 amide bonds. The van der Waals surface area contributed by atoms with Crippen LogP contribution in [0.25, 0.3) is 0 Å². The van der Waals surface area contributed by atoms with Crippen molar-refractivity contribution in [3.8, 4) is 0 Å². The van der Waals surface area contributed by atoms with Gasteiger partial charge in [-0.25, -0.2) is 12.8 Å². The summed E-state index contributed by atoms with van der Waals surface area (Å²) in [5.74, 6) is -1.72. The van der Waals surface area contributed by atoms with E-state index in [1.807, 2.05) is 0 Å². The number of rotatable bonds is 4. The summed E-state index contributed by atoms with van der Waals surface area (Å²) < 4.78 is 37.0. The molecular weight excluding hydrogens is 271 g/mol. The van der Waals surface area contributed by atoms with E-state index in [0.717, 1.165) is 31.0 Å². The van der Waals surface area contributed by atoms with Crippen LogP contribution in [0.2, 0.25) is 0 Å². The second-order valence-electron chi connectivity index (χ2n) is 4.68. The molecule has 0 unspecified atom stereocenters. The highest BCUT2D eigenvalue weighted by Gasteiger charge is 2.32. The van der Waals surface area contributed by atoms with Crippen LogP contribution in [0.3, 0.4) is 0 Å². The van der Waals surface area contributed by atoms with Gasteiger partial charge in [0, 0.05) is 13.1 Å². The number of nitrogen functional groups attached to an aromatic ring is 1. The maximum absolute atomic E-state index is 12.9. The minimum absolute atomic E-state index is 0.147. The molecule has 0 spiro atoms. The highest BCUT2D eigenvalue weighted by atomic mass is 32.2. The fourth-order valence-electron chi connectivity index (χ4n) is 1.81. The third-order valence-electron chi connectivity index (χ3n) is 3.11. The Morgan fingerprint density at radius 2 is 2.11 bits per heavy atom. The maximum Gasteiger partial charge on any atom is 0.238 e. The number of carbonyl (C=O) groups is 1. The molecule has 1 fully saturated rings. The molecule has 1 aromatic rings. The molecule has 1 aromatic carbocycles. The van der Waals surface area contributed by atoms with Crippen LogP contribution in [0.4, 0.5) is 10.1 Å². The predicted molar refractivity (Wildman–Crippen MR) is 68.7 cm³/mol. The summed E-state index contributed by atoms with van der Waals surface area (Å²) in [6.45, 7) is 0. The molecule has 1 saturated carbocycles. The SMILES string of the molecule is CN(C(=O)CS(=O)(=O)c1ccc(F)cc1N)C1CC1. The normalized spacial score (nSPS) is 15.3. The highest BCUT2D eigenvalue weighted by molar-refractivity contribution is 7.92. The molecule has 2 rings (SSSR count). The number of hydrogen-bond acceptors (Lipinski definition) is 4. The van der Waals surface area contributed by atoms with Gasteiger partial charge in [-0.3, -0.25) is 4.79 Å². The summed E-state index contributed by atoms with van der Waals surface area (Å²) in [6, 6.07) is 3.18. The lowest BCUT2D eigenvalue weighted by atomic mass is 10.3. The number of amides is 1. The first-order chi connectivity index (χ1) is 8.81. The maximum atomic E-state index is 12.9. The quantitative estimate of drug-likeness (QED) is 0.656. The van der Waals surface area contributed by atoms with E-state index in [0.29, 0.717) is 0 Å².